The van der Waals surface area contributed by atoms with Crippen molar-refractivity contribution in [1.29, 1.82) is 0 Å². The van der Waals surface area contributed by atoms with E-state index in [1.54, 1.807) is 48.4 Å². The van der Waals surface area contributed by atoms with Crippen LogP contribution < -0.4 is 10.1 Å². The van der Waals surface area contributed by atoms with Crippen molar-refractivity contribution in [3.05, 3.63) is 83.7 Å². The van der Waals surface area contributed by atoms with Crippen molar-refractivity contribution in [1.82, 2.24) is 14.8 Å². The molecule has 1 N–H and O–H groups in total. The first kappa shape index (κ1) is 20.4. The predicted octanol–water partition coefficient (Wildman–Crippen LogP) is 4.17. The summed E-state index contributed by atoms with van der Waals surface area (Å²) in [4.78, 5) is 32.7. The van der Waals surface area contributed by atoms with E-state index in [0.717, 1.165) is 16.9 Å². The van der Waals surface area contributed by atoms with E-state index in [4.69, 9.17) is 4.74 Å². The summed E-state index contributed by atoms with van der Waals surface area (Å²) >= 11 is 0. The summed E-state index contributed by atoms with van der Waals surface area (Å²) in [6.45, 7) is 1.02. The highest BCUT2D eigenvalue weighted by Crippen LogP contribution is 2.25. The Bertz CT molecular complexity index is 1080. The Hall–Kier alpha value is -3.87. The fraction of sp³-hybridized carbons (Fsp3) is 0.208. The van der Waals surface area contributed by atoms with Crippen molar-refractivity contribution in [2.45, 2.75) is 13.0 Å². The van der Waals surface area contributed by atoms with E-state index in [-0.39, 0.29) is 11.9 Å². The minimum atomic E-state index is -0.214. The molecular weight excluding hydrogens is 392 g/mol. The SMILES string of the molecule is CN(C)C(=O)N1CCc2c(cncc2C(=O)Nc2ccc(Oc3ccccc3)cc2)C1. The van der Waals surface area contributed by atoms with Gasteiger partial charge in [0.1, 0.15) is 11.5 Å². The van der Waals surface area contributed by atoms with E-state index in [1.165, 1.54) is 0 Å². The summed E-state index contributed by atoms with van der Waals surface area (Å²) in [6.07, 6.45) is 3.94. The molecule has 0 unspecified atom stereocenters. The smallest absolute Gasteiger partial charge is 0.319 e. The minimum Gasteiger partial charge on any atom is -0.457 e. The monoisotopic (exact) mass is 416 g/mol. The van der Waals surface area contributed by atoms with Gasteiger partial charge in [-0.15, -0.1) is 0 Å². The zero-order chi connectivity index (χ0) is 21.8. The average Bonchev–Trinajstić information content (AvgIpc) is 2.79. The van der Waals surface area contributed by atoms with Gasteiger partial charge in [-0.3, -0.25) is 9.78 Å². The molecule has 31 heavy (non-hydrogen) atoms. The number of nitrogens with zero attached hydrogens (tertiary/aromatic N) is 3. The number of anilines is 1. The van der Waals surface area contributed by atoms with E-state index >= 15 is 0 Å². The fourth-order valence-electron chi connectivity index (χ4n) is 3.56. The van der Waals surface area contributed by atoms with Crippen LogP contribution in [0.25, 0.3) is 0 Å². The number of ether oxygens (including phenoxy) is 1. The van der Waals surface area contributed by atoms with Crippen LogP contribution in [0.15, 0.2) is 67.0 Å². The summed E-state index contributed by atoms with van der Waals surface area (Å²) < 4.78 is 5.79. The molecule has 0 radical (unpaired) electrons. The molecule has 3 amide bonds. The number of hydrogen-bond donors (Lipinski definition) is 1. The summed E-state index contributed by atoms with van der Waals surface area (Å²) in [5, 5.41) is 2.93. The number of fused-ring (bicyclic) bond motifs is 1. The Balaban J connectivity index is 1.45. The van der Waals surface area contributed by atoms with Gasteiger partial charge in [0, 0.05) is 45.3 Å². The topological polar surface area (TPSA) is 74.8 Å². The molecule has 7 heteroatoms. The first-order valence-corrected chi connectivity index (χ1v) is 10.1. The van der Waals surface area contributed by atoms with Crippen LogP contribution in [0, 0.1) is 0 Å². The molecular formula is C24H24N4O3. The molecule has 3 aromatic rings. The van der Waals surface area contributed by atoms with Crippen LogP contribution in [-0.2, 0) is 13.0 Å². The number of rotatable bonds is 4. The summed E-state index contributed by atoms with van der Waals surface area (Å²) in [5.41, 5.74) is 3.06. The molecule has 1 aliphatic heterocycles. The highest BCUT2D eigenvalue weighted by molar-refractivity contribution is 6.05. The number of hydrogen-bond acceptors (Lipinski definition) is 4. The van der Waals surface area contributed by atoms with Crippen molar-refractivity contribution in [2.75, 3.05) is 26.0 Å². The van der Waals surface area contributed by atoms with Crippen LogP contribution in [0.4, 0.5) is 10.5 Å². The van der Waals surface area contributed by atoms with E-state index in [1.807, 2.05) is 42.5 Å². The number of pyridine rings is 1. The molecule has 158 valence electrons. The van der Waals surface area contributed by atoms with Gasteiger partial charge in [0.05, 0.1) is 5.56 Å². The molecule has 1 aromatic heterocycles. The van der Waals surface area contributed by atoms with Gasteiger partial charge in [-0.05, 0) is 53.9 Å². The van der Waals surface area contributed by atoms with Crippen LogP contribution in [0.3, 0.4) is 0 Å². The van der Waals surface area contributed by atoms with Crippen molar-refractivity contribution in [3.63, 3.8) is 0 Å². The summed E-state index contributed by atoms with van der Waals surface area (Å²) in [7, 11) is 3.46. The van der Waals surface area contributed by atoms with Gasteiger partial charge in [0.25, 0.3) is 5.91 Å². The number of carbonyl (C=O) groups excluding carboxylic acids is 2. The van der Waals surface area contributed by atoms with E-state index in [0.29, 0.717) is 36.5 Å². The zero-order valence-electron chi connectivity index (χ0n) is 17.5. The maximum absolute atomic E-state index is 12.9. The van der Waals surface area contributed by atoms with Crippen LogP contribution in [-0.4, -0.2) is 47.4 Å². The average molecular weight is 416 g/mol. The summed E-state index contributed by atoms with van der Waals surface area (Å²) in [6, 6.07) is 16.7. The molecule has 4 rings (SSSR count). The molecule has 2 aromatic carbocycles. The molecule has 0 spiro atoms. The summed E-state index contributed by atoms with van der Waals surface area (Å²) in [5.74, 6) is 1.23. The van der Waals surface area contributed by atoms with Crippen LogP contribution >= 0.6 is 0 Å². The Labute approximate surface area is 181 Å². The maximum Gasteiger partial charge on any atom is 0.319 e. The fourth-order valence-corrected chi connectivity index (χ4v) is 3.56. The third-order valence-corrected chi connectivity index (χ3v) is 5.13. The number of urea groups is 1. The molecule has 0 aliphatic carbocycles. The lowest BCUT2D eigenvalue weighted by atomic mass is 9.97. The Morgan fingerprint density at radius 3 is 2.42 bits per heavy atom. The highest BCUT2D eigenvalue weighted by Gasteiger charge is 2.25. The number of benzene rings is 2. The predicted molar refractivity (Wildman–Crippen MR) is 118 cm³/mol. The van der Waals surface area contributed by atoms with E-state index < -0.39 is 0 Å². The van der Waals surface area contributed by atoms with Crippen molar-refractivity contribution in [3.8, 4) is 11.5 Å². The minimum absolute atomic E-state index is 0.0432. The number of carbonyl (C=O) groups is 2. The van der Waals surface area contributed by atoms with Crippen molar-refractivity contribution in [2.24, 2.45) is 0 Å². The molecule has 2 heterocycles. The number of aromatic nitrogens is 1. The van der Waals surface area contributed by atoms with Crippen molar-refractivity contribution >= 4 is 17.6 Å². The van der Waals surface area contributed by atoms with Gasteiger partial charge in [-0.1, -0.05) is 18.2 Å². The first-order chi connectivity index (χ1) is 15.0. The lowest BCUT2D eigenvalue weighted by molar-refractivity contribution is 0.102. The van der Waals surface area contributed by atoms with Crippen LogP contribution in [0.2, 0.25) is 0 Å². The quantitative estimate of drug-likeness (QED) is 0.693. The second-order valence-electron chi connectivity index (χ2n) is 7.57. The lowest BCUT2D eigenvalue weighted by Crippen LogP contribution is -2.42. The molecule has 0 atom stereocenters. The second-order valence-corrected chi connectivity index (χ2v) is 7.57. The molecule has 1 aliphatic rings. The van der Waals surface area contributed by atoms with Gasteiger partial charge >= 0.3 is 6.03 Å². The third-order valence-electron chi connectivity index (χ3n) is 5.13. The van der Waals surface area contributed by atoms with Crippen LogP contribution in [0.5, 0.6) is 11.5 Å². The third kappa shape index (κ3) is 4.66. The standard InChI is InChI=1S/C24H24N4O3/c1-27(2)24(30)28-13-12-21-17(16-28)14-25-15-22(21)23(29)26-18-8-10-20(11-9-18)31-19-6-4-3-5-7-19/h3-11,14-15H,12-13,16H2,1-2H3,(H,26,29). The van der Waals surface area contributed by atoms with Gasteiger partial charge in [0.2, 0.25) is 0 Å². The Morgan fingerprint density at radius 2 is 1.71 bits per heavy atom. The number of nitrogens with one attached hydrogen (secondary N) is 1. The molecule has 0 saturated heterocycles. The van der Waals surface area contributed by atoms with Gasteiger partial charge in [0.15, 0.2) is 0 Å². The van der Waals surface area contributed by atoms with Gasteiger partial charge in [-0.2, -0.15) is 0 Å². The van der Waals surface area contributed by atoms with Gasteiger partial charge < -0.3 is 19.9 Å². The molecule has 0 fully saturated rings. The normalized spacial score (nSPS) is 12.6. The van der Waals surface area contributed by atoms with E-state index in [9.17, 15) is 9.59 Å². The van der Waals surface area contributed by atoms with Crippen LogP contribution in [0.1, 0.15) is 21.5 Å². The first-order valence-electron chi connectivity index (χ1n) is 10.1. The molecule has 0 bridgehead atoms. The Kier molecular flexibility index (Phi) is 5.84. The lowest BCUT2D eigenvalue weighted by Gasteiger charge is -2.31. The molecule has 0 saturated carbocycles. The Morgan fingerprint density at radius 1 is 1.00 bits per heavy atom. The largest absolute Gasteiger partial charge is 0.457 e. The highest BCUT2D eigenvalue weighted by atomic mass is 16.5. The number of para-hydroxylation sites is 1. The van der Waals surface area contributed by atoms with E-state index in [2.05, 4.69) is 10.3 Å². The second kappa shape index (κ2) is 8.87. The zero-order valence-corrected chi connectivity index (χ0v) is 17.5. The van der Waals surface area contributed by atoms with Gasteiger partial charge in [-0.25, -0.2) is 4.79 Å². The number of amides is 3. The molecule has 7 nitrogen and oxygen atoms in total. The van der Waals surface area contributed by atoms with Crippen molar-refractivity contribution < 1.29 is 14.3 Å². The maximum atomic E-state index is 12.9.